The van der Waals surface area contributed by atoms with Gasteiger partial charge in [0.2, 0.25) is 5.78 Å². The summed E-state index contributed by atoms with van der Waals surface area (Å²) in [6.07, 6.45) is 0.967. The Hall–Kier alpha value is -1.57. The molecule has 8 heteroatoms. The fraction of sp³-hybridized carbons (Fsp3) is 0.750. The summed E-state index contributed by atoms with van der Waals surface area (Å²) in [6, 6.07) is 0. The van der Waals surface area contributed by atoms with Crippen LogP contribution in [0.3, 0.4) is 0 Å². The van der Waals surface area contributed by atoms with E-state index < -0.39 is 17.4 Å². The highest BCUT2D eigenvalue weighted by atomic mass is 32.2. The van der Waals surface area contributed by atoms with Gasteiger partial charge < -0.3 is 14.4 Å². The molecule has 1 N–H and O–H groups in total. The van der Waals surface area contributed by atoms with E-state index in [0.717, 1.165) is 11.8 Å². The molecule has 0 unspecified atom stereocenters. The first-order valence-corrected chi connectivity index (χ1v) is 9.01. The summed E-state index contributed by atoms with van der Waals surface area (Å²) in [5, 5.41) is 8.43. The third-order valence-electron chi connectivity index (χ3n) is 3.38. The van der Waals surface area contributed by atoms with Gasteiger partial charge in [0, 0.05) is 19.0 Å². The third kappa shape index (κ3) is 6.90. The molecule has 1 heterocycles. The Kier molecular flexibility index (Phi) is 7.72. The van der Waals surface area contributed by atoms with Crippen LogP contribution in [0, 0.1) is 11.3 Å². The quantitative estimate of drug-likeness (QED) is 0.351. The summed E-state index contributed by atoms with van der Waals surface area (Å²) >= 11 is 1.06. The summed E-state index contributed by atoms with van der Waals surface area (Å²) in [5.74, 6) is -1.55. The molecule has 1 fully saturated rings. The Labute approximate surface area is 146 Å². The molecule has 1 rings (SSSR count). The van der Waals surface area contributed by atoms with Gasteiger partial charge in [-0.05, 0) is 40.5 Å². The molecule has 0 aromatic heterocycles. The van der Waals surface area contributed by atoms with Crippen molar-refractivity contribution in [3.8, 4) is 0 Å². The number of carbonyl (C=O) groups is 3. The lowest BCUT2D eigenvalue weighted by atomic mass is 9.98. The SMILES string of the molecule is CCOC(=O)C(=O)CSC(=N)C1CCN(C(=O)OC(C)(C)C)CC1. The Morgan fingerprint density at radius 3 is 2.29 bits per heavy atom. The number of piperidine rings is 1. The van der Waals surface area contributed by atoms with Gasteiger partial charge >= 0.3 is 12.1 Å². The molecule has 0 atom stereocenters. The zero-order valence-corrected chi connectivity index (χ0v) is 15.5. The number of nitrogens with one attached hydrogen (secondary N) is 1. The number of carbonyl (C=O) groups excluding carboxylic acids is 3. The molecule has 24 heavy (non-hydrogen) atoms. The van der Waals surface area contributed by atoms with Gasteiger partial charge in [-0.3, -0.25) is 10.2 Å². The molecule has 0 aliphatic carbocycles. The smallest absolute Gasteiger partial charge is 0.410 e. The molecule has 1 aliphatic heterocycles. The van der Waals surface area contributed by atoms with Crippen LogP contribution >= 0.6 is 11.8 Å². The van der Waals surface area contributed by atoms with Crippen LogP contribution < -0.4 is 0 Å². The van der Waals surface area contributed by atoms with E-state index in [0.29, 0.717) is 31.0 Å². The summed E-state index contributed by atoms with van der Waals surface area (Å²) in [6.45, 7) is 8.32. The number of ketones is 1. The lowest BCUT2D eigenvalue weighted by Crippen LogP contribution is -2.42. The Balaban J connectivity index is 2.36. The first-order valence-electron chi connectivity index (χ1n) is 8.03. The van der Waals surface area contributed by atoms with Crippen LogP contribution in [0.4, 0.5) is 4.79 Å². The molecule has 0 spiro atoms. The minimum atomic E-state index is -0.849. The van der Waals surface area contributed by atoms with Gasteiger partial charge in [0.05, 0.1) is 17.4 Å². The second-order valence-electron chi connectivity index (χ2n) is 6.54. The molecule has 1 aliphatic rings. The maximum Gasteiger partial charge on any atom is 0.410 e. The van der Waals surface area contributed by atoms with E-state index in [1.807, 2.05) is 20.8 Å². The number of thioether (sulfide) groups is 1. The van der Waals surface area contributed by atoms with E-state index in [1.54, 1.807) is 11.8 Å². The number of esters is 1. The predicted molar refractivity (Wildman–Crippen MR) is 92.4 cm³/mol. The second kappa shape index (κ2) is 9.05. The van der Waals surface area contributed by atoms with E-state index in [9.17, 15) is 14.4 Å². The Morgan fingerprint density at radius 2 is 1.79 bits per heavy atom. The number of hydrogen-bond donors (Lipinski definition) is 1. The van der Waals surface area contributed by atoms with Crippen molar-refractivity contribution in [2.24, 2.45) is 5.92 Å². The Bertz CT molecular complexity index is 493. The van der Waals surface area contributed by atoms with E-state index in [4.69, 9.17) is 10.1 Å². The lowest BCUT2D eigenvalue weighted by Gasteiger charge is -2.33. The van der Waals surface area contributed by atoms with E-state index in [-0.39, 0.29) is 24.4 Å². The monoisotopic (exact) mass is 358 g/mol. The van der Waals surface area contributed by atoms with Crippen LogP contribution in [0.5, 0.6) is 0 Å². The standard InChI is InChI=1S/C16H26N2O5S/c1-5-22-14(20)12(19)10-24-13(17)11-6-8-18(9-7-11)15(21)23-16(2,3)4/h11,17H,5-10H2,1-4H3. The molecule has 7 nitrogen and oxygen atoms in total. The average molecular weight is 358 g/mol. The summed E-state index contributed by atoms with van der Waals surface area (Å²) in [5.41, 5.74) is -0.524. The fourth-order valence-corrected chi connectivity index (χ4v) is 3.06. The first kappa shape index (κ1) is 20.5. The van der Waals surface area contributed by atoms with Crippen LogP contribution in [0.15, 0.2) is 0 Å². The summed E-state index contributed by atoms with van der Waals surface area (Å²) < 4.78 is 9.96. The van der Waals surface area contributed by atoms with Gasteiger partial charge in [0.25, 0.3) is 0 Å². The van der Waals surface area contributed by atoms with Crippen LogP contribution in [0.2, 0.25) is 0 Å². The molecule has 136 valence electrons. The highest BCUT2D eigenvalue weighted by Gasteiger charge is 2.29. The number of likely N-dealkylation sites (tertiary alicyclic amines) is 1. The number of ether oxygens (including phenoxy) is 2. The minimum Gasteiger partial charge on any atom is -0.460 e. The van der Waals surface area contributed by atoms with Crippen LogP contribution in [0.25, 0.3) is 0 Å². The molecule has 1 saturated heterocycles. The van der Waals surface area contributed by atoms with Crippen molar-refractivity contribution >= 4 is 34.7 Å². The van der Waals surface area contributed by atoms with Crippen molar-refractivity contribution in [3.05, 3.63) is 0 Å². The largest absolute Gasteiger partial charge is 0.460 e. The van der Waals surface area contributed by atoms with E-state index in [2.05, 4.69) is 4.74 Å². The van der Waals surface area contributed by atoms with Gasteiger partial charge in [-0.15, -0.1) is 11.8 Å². The van der Waals surface area contributed by atoms with Crippen molar-refractivity contribution < 1.29 is 23.9 Å². The highest BCUT2D eigenvalue weighted by Crippen LogP contribution is 2.24. The van der Waals surface area contributed by atoms with Crippen molar-refractivity contribution in [3.63, 3.8) is 0 Å². The van der Waals surface area contributed by atoms with Crippen molar-refractivity contribution in [1.82, 2.24) is 4.90 Å². The van der Waals surface area contributed by atoms with Crippen molar-refractivity contribution in [2.75, 3.05) is 25.4 Å². The number of nitrogens with zero attached hydrogens (tertiary/aromatic N) is 1. The van der Waals surface area contributed by atoms with Gasteiger partial charge in [-0.2, -0.15) is 0 Å². The lowest BCUT2D eigenvalue weighted by molar-refractivity contribution is -0.152. The van der Waals surface area contributed by atoms with E-state index >= 15 is 0 Å². The van der Waals surface area contributed by atoms with Crippen LogP contribution in [-0.2, 0) is 19.1 Å². The molecule has 0 bridgehead atoms. The summed E-state index contributed by atoms with van der Waals surface area (Å²) in [4.78, 5) is 36.4. The predicted octanol–water partition coefficient (Wildman–Crippen LogP) is 2.48. The maximum atomic E-state index is 12.0. The fourth-order valence-electron chi connectivity index (χ4n) is 2.18. The Morgan fingerprint density at radius 1 is 1.21 bits per heavy atom. The van der Waals surface area contributed by atoms with Crippen LogP contribution in [-0.4, -0.2) is 58.8 Å². The average Bonchev–Trinajstić information content (AvgIpc) is 2.51. The summed E-state index contributed by atoms with van der Waals surface area (Å²) in [7, 11) is 0. The molecule has 0 radical (unpaired) electrons. The number of amides is 1. The molecule has 0 aromatic rings. The van der Waals surface area contributed by atoms with Gasteiger partial charge in [0.1, 0.15) is 5.60 Å². The molecular weight excluding hydrogens is 332 g/mol. The van der Waals surface area contributed by atoms with Gasteiger partial charge in [-0.25, -0.2) is 9.59 Å². The molecule has 1 amide bonds. The van der Waals surface area contributed by atoms with Crippen LogP contribution in [0.1, 0.15) is 40.5 Å². The molecular formula is C16H26N2O5S. The van der Waals surface area contributed by atoms with Gasteiger partial charge in [0.15, 0.2) is 0 Å². The minimum absolute atomic E-state index is 0.00341. The zero-order chi connectivity index (χ0) is 18.3. The number of Topliss-reactive ketones (excluding diaryl/α,β-unsaturated/α-hetero) is 1. The topological polar surface area (TPSA) is 96.8 Å². The normalized spacial score (nSPS) is 15.8. The molecule has 0 saturated carbocycles. The number of rotatable bonds is 5. The van der Waals surface area contributed by atoms with E-state index in [1.165, 1.54) is 0 Å². The van der Waals surface area contributed by atoms with Gasteiger partial charge in [-0.1, -0.05) is 0 Å². The van der Waals surface area contributed by atoms with Crippen molar-refractivity contribution in [1.29, 1.82) is 5.41 Å². The zero-order valence-electron chi connectivity index (χ0n) is 14.7. The third-order valence-corrected chi connectivity index (χ3v) is 4.43. The van der Waals surface area contributed by atoms with Crippen molar-refractivity contribution in [2.45, 2.75) is 46.1 Å². The number of hydrogen-bond acceptors (Lipinski definition) is 7. The highest BCUT2D eigenvalue weighted by molar-refractivity contribution is 8.14. The first-order chi connectivity index (χ1) is 11.1. The molecule has 0 aromatic carbocycles. The second-order valence-corrected chi connectivity index (χ2v) is 7.56. The maximum absolute atomic E-state index is 12.0.